The maximum Gasteiger partial charge on any atom is 0.243 e. The summed E-state index contributed by atoms with van der Waals surface area (Å²) >= 11 is 1.54. The molecule has 0 radical (unpaired) electrons. The number of rotatable bonds is 6. The summed E-state index contributed by atoms with van der Waals surface area (Å²) in [6.07, 6.45) is 4.76. The van der Waals surface area contributed by atoms with Gasteiger partial charge in [-0.15, -0.1) is 11.3 Å². The van der Waals surface area contributed by atoms with Crippen LogP contribution in [-0.4, -0.2) is 32.4 Å². The van der Waals surface area contributed by atoms with E-state index in [1.807, 2.05) is 6.07 Å². The molecule has 0 bridgehead atoms. The van der Waals surface area contributed by atoms with Crippen molar-refractivity contribution in [3.05, 3.63) is 16.3 Å². The van der Waals surface area contributed by atoms with Gasteiger partial charge in [-0.2, -0.15) is 4.31 Å². The predicted molar refractivity (Wildman–Crippen MR) is 85.9 cm³/mol. The Morgan fingerprint density at radius 1 is 1.33 bits per heavy atom. The topological polar surface area (TPSA) is 49.4 Å². The Morgan fingerprint density at radius 3 is 2.71 bits per heavy atom. The molecular weight excluding hydrogens is 304 g/mol. The Morgan fingerprint density at radius 2 is 2.05 bits per heavy atom. The normalized spacial score (nSPS) is 26.3. The van der Waals surface area contributed by atoms with Crippen LogP contribution in [0.2, 0.25) is 0 Å². The zero-order valence-electron chi connectivity index (χ0n) is 12.5. The average molecular weight is 329 g/mol. The molecule has 1 saturated heterocycles. The van der Waals surface area contributed by atoms with E-state index in [1.54, 1.807) is 9.69 Å². The molecule has 1 aromatic rings. The summed E-state index contributed by atoms with van der Waals surface area (Å²) in [6.45, 7) is 5.31. The van der Waals surface area contributed by atoms with Gasteiger partial charge in [0.25, 0.3) is 0 Å². The highest BCUT2D eigenvalue weighted by Gasteiger charge is 2.41. The molecule has 2 heterocycles. The highest BCUT2D eigenvalue weighted by Crippen LogP contribution is 2.40. The Bertz CT molecular complexity index is 570. The van der Waals surface area contributed by atoms with Crippen molar-refractivity contribution < 1.29 is 8.42 Å². The van der Waals surface area contributed by atoms with Crippen LogP contribution in [0.4, 0.5) is 0 Å². The first kappa shape index (κ1) is 15.5. The molecule has 3 rings (SSSR count). The molecule has 0 amide bonds. The molecule has 1 saturated carbocycles. The van der Waals surface area contributed by atoms with Gasteiger partial charge in [0.15, 0.2) is 0 Å². The van der Waals surface area contributed by atoms with Crippen molar-refractivity contribution in [2.24, 2.45) is 11.8 Å². The van der Waals surface area contributed by atoms with Crippen LogP contribution in [0.15, 0.2) is 16.3 Å². The first-order valence-electron chi connectivity index (χ1n) is 7.89. The van der Waals surface area contributed by atoms with Crippen molar-refractivity contribution in [3.63, 3.8) is 0 Å². The largest absolute Gasteiger partial charge is 0.312 e. The molecule has 0 spiro atoms. The molecule has 0 aromatic carbocycles. The molecule has 2 fully saturated rings. The van der Waals surface area contributed by atoms with Gasteiger partial charge in [0.2, 0.25) is 10.0 Å². The van der Waals surface area contributed by atoms with Gasteiger partial charge in [0, 0.05) is 29.9 Å². The van der Waals surface area contributed by atoms with Crippen molar-refractivity contribution in [2.45, 2.75) is 44.0 Å². The van der Waals surface area contributed by atoms with Crippen LogP contribution in [0, 0.1) is 11.8 Å². The van der Waals surface area contributed by atoms with Crippen LogP contribution < -0.4 is 5.32 Å². The molecule has 4 nitrogen and oxygen atoms in total. The Labute approximate surface area is 131 Å². The van der Waals surface area contributed by atoms with Gasteiger partial charge in [-0.25, -0.2) is 8.42 Å². The molecular formula is C15H24N2O2S2. The van der Waals surface area contributed by atoms with Gasteiger partial charge >= 0.3 is 0 Å². The molecule has 1 N–H and O–H groups in total. The van der Waals surface area contributed by atoms with Gasteiger partial charge in [-0.05, 0) is 43.7 Å². The molecule has 2 unspecified atom stereocenters. The number of hydrogen-bond acceptors (Lipinski definition) is 4. The smallest absolute Gasteiger partial charge is 0.243 e. The quantitative estimate of drug-likeness (QED) is 0.817. The second-order valence-electron chi connectivity index (χ2n) is 6.20. The number of fused-ring (bicyclic) bond motifs is 1. The van der Waals surface area contributed by atoms with E-state index < -0.39 is 10.0 Å². The summed E-state index contributed by atoms with van der Waals surface area (Å²) in [5.41, 5.74) is 0. The van der Waals surface area contributed by atoms with Gasteiger partial charge in [0.05, 0.1) is 4.90 Å². The minimum Gasteiger partial charge on any atom is -0.312 e. The third-order valence-corrected chi connectivity index (χ3v) is 7.58. The highest BCUT2D eigenvalue weighted by atomic mass is 32.2. The maximum atomic E-state index is 12.7. The lowest BCUT2D eigenvalue weighted by Crippen LogP contribution is -2.29. The third kappa shape index (κ3) is 3.18. The summed E-state index contributed by atoms with van der Waals surface area (Å²) in [5, 5.41) is 5.12. The van der Waals surface area contributed by atoms with Gasteiger partial charge < -0.3 is 5.32 Å². The first-order chi connectivity index (χ1) is 10.1. The van der Waals surface area contributed by atoms with Crippen LogP contribution in [0.25, 0.3) is 0 Å². The van der Waals surface area contributed by atoms with Crippen LogP contribution >= 0.6 is 11.3 Å². The summed E-state index contributed by atoms with van der Waals surface area (Å²) in [4.78, 5) is 1.59. The lowest BCUT2D eigenvalue weighted by molar-refractivity contribution is 0.445. The highest BCUT2D eigenvalue weighted by molar-refractivity contribution is 7.89. The Kier molecular flexibility index (Phi) is 4.69. The Hall–Kier alpha value is -0.430. The molecule has 21 heavy (non-hydrogen) atoms. The zero-order valence-corrected chi connectivity index (χ0v) is 14.2. The fourth-order valence-corrected chi connectivity index (χ4v) is 6.30. The summed E-state index contributed by atoms with van der Waals surface area (Å²) < 4.78 is 27.2. The monoisotopic (exact) mass is 328 g/mol. The second-order valence-corrected chi connectivity index (χ2v) is 9.13. The molecule has 2 aliphatic rings. The molecule has 1 aliphatic heterocycles. The molecule has 1 aliphatic carbocycles. The zero-order chi connectivity index (χ0) is 14.9. The van der Waals surface area contributed by atoms with Crippen LogP contribution in [0.5, 0.6) is 0 Å². The SMILES string of the molecule is CCCNCc1cc(S(=O)(=O)N2CC3CCCC3C2)cs1. The van der Waals surface area contributed by atoms with Crippen molar-refractivity contribution in [2.75, 3.05) is 19.6 Å². The van der Waals surface area contributed by atoms with E-state index >= 15 is 0 Å². The lowest BCUT2D eigenvalue weighted by Gasteiger charge is -2.16. The van der Waals surface area contributed by atoms with Crippen LogP contribution in [0.3, 0.4) is 0 Å². The molecule has 1 aromatic heterocycles. The molecule has 118 valence electrons. The van der Waals surface area contributed by atoms with E-state index in [0.29, 0.717) is 16.7 Å². The molecule has 6 heteroatoms. The van der Waals surface area contributed by atoms with Crippen molar-refractivity contribution in [1.82, 2.24) is 9.62 Å². The summed E-state index contributed by atoms with van der Waals surface area (Å²) in [7, 11) is -3.27. The number of nitrogens with zero attached hydrogens (tertiary/aromatic N) is 1. The third-order valence-electron chi connectivity index (χ3n) is 4.69. The van der Waals surface area contributed by atoms with Gasteiger partial charge in [0.1, 0.15) is 0 Å². The van der Waals surface area contributed by atoms with E-state index in [0.717, 1.165) is 37.5 Å². The molecule has 2 atom stereocenters. The van der Waals surface area contributed by atoms with E-state index in [4.69, 9.17) is 0 Å². The fraction of sp³-hybridized carbons (Fsp3) is 0.733. The van der Waals surface area contributed by atoms with E-state index in [9.17, 15) is 8.42 Å². The van der Waals surface area contributed by atoms with Crippen molar-refractivity contribution in [1.29, 1.82) is 0 Å². The number of sulfonamides is 1. The summed E-state index contributed by atoms with van der Waals surface area (Å²) in [5.74, 6) is 1.20. The first-order valence-corrected chi connectivity index (χ1v) is 10.2. The summed E-state index contributed by atoms with van der Waals surface area (Å²) in [6, 6.07) is 1.84. The van der Waals surface area contributed by atoms with E-state index in [1.165, 1.54) is 30.6 Å². The van der Waals surface area contributed by atoms with Gasteiger partial charge in [-0.3, -0.25) is 0 Å². The number of nitrogens with one attached hydrogen (secondary N) is 1. The van der Waals surface area contributed by atoms with Crippen molar-refractivity contribution in [3.8, 4) is 0 Å². The van der Waals surface area contributed by atoms with E-state index in [-0.39, 0.29) is 0 Å². The lowest BCUT2D eigenvalue weighted by atomic mass is 10.0. The van der Waals surface area contributed by atoms with E-state index in [2.05, 4.69) is 12.2 Å². The number of hydrogen-bond donors (Lipinski definition) is 1. The van der Waals surface area contributed by atoms with Crippen LogP contribution in [-0.2, 0) is 16.6 Å². The van der Waals surface area contributed by atoms with Crippen molar-refractivity contribution >= 4 is 21.4 Å². The minimum atomic E-state index is -3.27. The minimum absolute atomic E-state index is 0.487. The number of thiophene rings is 1. The Balaban J connectivity index is 1.67. The predicted octanol–water partition coefficient (Wildman–Crippen LogP) is 2.67. The standard InChI is InChI=1S/C15H24N2O2S2/c1-2-6-16-8-14-7-15(11-20-14)21(18,19)17-9-12-4-3-5-13(12)10-17/h7,11-13,16H,2-6,8-10H2,1H3. The second kappa shape index (κ2) is 6.36. The fourth-order valence-electron chi connectivity index (χ4n) is 3.51. The average Bonchev–Trinajstić information content (AvgIpc) is 3.14. The van der Waals surface area contributed by atoms with Gasteiger partial charge in [-0.1, -0.05) is 13.3 Å². The van der Waals surface area contributed by atoms with Crippen LogP contribution in [0.1, 0.15) is 37.5 Å². The maximum absolute atomic E-state index is 12.7.